The van der Waals surface area contributed by atoms with Crippen LogP contribution in [0.15, 0.2) is 58.4 Å². The van der Waals surface area contributed by atoms with Crippen LogP contribution in [0, 0.1) is 0 Å². The zero-order chi connectivity index (χ0) is 14.6. The summed E-state index contributed by atoms with van der Waals surface area (Å²) in [5.74, 6) is 0.533. The number of alkyl halides is 3. The molecule has 0 saturated carbocycles. The molecule has 6 heteroatoms. The average Bonchev–Trinajstić information content (AvgIpc) is 2.41. The monoisotopic (exact) mass is 299 g/mol. The lowest BCUT2D eigenvalue weighted by atomic mass is 10.3. The van der Waals surface area contributed by atoms with Gasteiger partial charge >= 0.3 is 6.18 Å². The summed E-state index contributed by atoms with van der Waals surface area (Å²) in [6.07, 6.45) is -3.56. The van der Waals surface area contributed by atoms with E-state index in [1.54, 1.807) is 0 Å². The summed E-state index contributed by atoms with van der Waals surface area (Å²) in [5, 5.41) is 0. The van der Waals surface area contributed by atoms with E-state index < -0.39 is 17.3 Å². The van der Waals surface area contributed by atoms with Crippen molar-refractivity contribution < 1.29 is 13.2 Å². The number of benzene rings is 1. The molecule has 0 bridgehead atoms. The molecule has 2 aromatic rings. The fourth-order valence-electron chi connectivity index (χ4n) is 1.65. The van der Waals surface area contributed by atoms with Gasteiger partial charge in [0.1, 0.15) is 0 Å². The van der Waals surface area contributed by atoms with Gasteiger partial charge in [0.2, 0.25) is 0 Å². The number of halogens is 3. The van der Waals surface area contributed by atoms with Crippen molar-refractivity contribution in [2.75, 3.05) is 5.75 Å². The van der Waals surface area contributed by atoms with E-state index in [-0.39, 0.29) is 6.54 Å². The van der Waals surface area contributed by atoms with Crippen LogP contribution in [0.2, 0.25) is 0 Å². The van der Waals surface area contributed by atoms with Crippen molar-refractivity contribution in [3.63, 3.8) is 0 Å². The predicted octanol–water partition coefficient (Wildman–Crippen LogP) is 3.66. The molecule has 0 saturated heterocycles. The molecule has 0 atom stereocenters. The predicted molar refractivity (Wildman–Crippen MR) is 72.9 cm³/mol. The highest BCUT2D eigenvalue weighted by Gasteiger charge is 2.30. The number of aromatic nitrogens is 1. The Balaban J connectivity index is 2.04. The Kier molecular flexibility index (Phi) is 4.54. The Bertz CT molecular complexity index is 622. The highest BCUT2D eigenvalue weighted by molar-refractivity contribution is 7.99. The third kappa shape index (κ3) is 3.90. The van der Waals surface area contributed by atoms with Crippen LogP contribution in [0.4, 0.5) is 13.2 Å². The van der Waals surface area contributed by atoms with Crippen LogP contribution in [0.1, 0.15) is 5.56 Å². The molecule has 20 heavy (non-hydrogen) atoms. The van der Waals surface area contributed by atoms with Crippen molar-refractivity contribution in [2.24, 2.45) is 0 Å². The summed E-state index contributed by atoms with van der Waals surface area (Å²) in [6, 6.07) is 11.3. The van der Waals surface area contributed by atoms with Gasteiger partial charge in [0.05, 0.1) is 5.56 Å². The second kappa shape index (κ2) is 6.17. The maximum absolute atomic E-state index is 12.6. The lowest BCUT2D eigenvalue weighted by molar-refractivity contribution is -0.138. The molecule has 0 fully saturated rings. The van der Waals surface area contributed by atoms with E-state index in [9.17, 15) is 18.0 Å². The lowest BCUT2D eigenvalue weighted by Gasteiger charge is -2.10. The molecular formula is C14H12F3NOS. The van der Waals surface area contributed by atoms with Gasteiger partial charge in [-0.25, -0.2) is 0 Å². The van der Waals surface area contributed by atoms with E-state index in [0.717, 1.165) is 27.8 Å². The number of nitrogens with zero attached hydrogens (tertiary/aromatic N) is 1. The summed E-state index contributed by atoms with van der Waals surface area (Å²) in [5.41, 5.74) is -1.23. The fraction of sp³-hybridized carbons (Fsp3) is 0.214. The molecule has 2 rings (SSSR count). The van der Waals surface area contributed by atoms with E-state index >= 15 is 0 Å². The maximum atomic E-state index is 12.6. The van der Waals surface area contributed by atoms with Crippen molar-refractivity contribution >= 4 is 11.8 Å². The minimum atomic E-state index is -4.43. The minimum absolute atomic E-state index is 0.238. The van der Waals surface area contributed by atoms with Crippen molar-refractivity contribution in [1.29, 1.82) is 0 Å². The molecule has 0 spiro atoms. The van der Waals surface area contributed by atoms with Crippen molar-refractivity contribution in [3.8, 4) is 0 Å². The number of hydrogen-bond acceptors (Lipinski definition) is 2. The standard InChI is InChI=1S/C14H12F3NOS/c15-14(16,17)11-6-7-13(19)18(10-11)8-9-20-12-4-2-1-3-5-12/h1-7,10H,8-9H2. The molecule has 0 aliphatic heterocycles. The topological polar surface area (TPSA) is 22.0 Å². The molecule has 1 aromatic carbocycles. The molecule has 106 valence electrons. The maximum Gasteiger partial charge on any atom is 0.417 e. The Morgan fingerprint density at radius 2 is 1.75 bits per heavy atom. The third-order valence-electron chi connectivity index (χ3n) is 2.65. The van der Waals surface area contributed by atoms with E-state index in [0.29, 0.717) is 5.75 Å². The number of aryl methyl sites for hydroxylation is 1. The first-order valence-electron chi connectivity index (χ1n) is 5.92. The first-order valence-corrected chi connectivity index (χ1v) is 6.91. The summed E-state index contributed by atoms with van der Waals surface area (Å²) < 4.78 is 38.8. The van der Waals surface area contributed by atoms with Gasteiger partial charge < -0.3 is 4.57 Å². The Morgan fingerprint density at radius 3 is 2.40 bits per heavy atom. The highest BCUT2D eigenvalue weighted by atomic mass is 32.2. The molecule has 2 nitrogen and oxygen atoms in total. The molecule has 0 unspecified atom stereocenters. The van der Waals surface area contributed by atoms with Crippen LogP contribution in [-0.2, 0) is 12.7 Å². The van der Waals surface area contributed by atoms with E-state index in [2.05, 4.69) is 0 Å². The number of hydrogen-bond donors (Lipinski definition) is 0. The van der Waals surface area contributed by atoms with Gasteiger partial charge in [-0.05, 0) is 18.2 Å². The molecule has 0 amide bonds. The van der Waals surface area contributed by atoms with Crippen LogP contribution < -0.4 is 5.56 Å². The molecule has 0 radical (unpaired) electrons. The van der Waals surface area contributed by atoms with Crippen molar-refractivity contribution in [3.05, 3.63) is 64.6 Å². The van der Waals surface area contributed by atoms with Crippen molar-refractivity contribution in [2.45, 2.75) is 17.6 Å². The van der Waals surface area contributed by atoms with Gasteiger partial charge in [-0.3, -0.25) is 4.79 Å². The molecule has 0 N–H and O–H groups in total. The molecule has 1 heterocycles. The summed E-state index contributed by atoms with van der Waals surface area (Å²) in [7, 11) is 0. The van der Waals surface area contributed by atoms with Gasteiger partial charge in [-0.1, -0.05) is 18.2 Å². The van der Waals surface area contributed by atoms with Crippen LogP contribution in [0.3, 0.4) is 0 Å². The van der Waals surface area contributed by atoms with Gasteiger partial charge in [0.25, 0.3) is 5.56 Å². The average molecular weight is 299 g/mol. The third-order valence-corrected chi connectivity index (χ3v) is 3.65. The highest BCUT2D eigenvalue weighted by Crippen LogP contribution is 2.28. The largest absolute Gasteiger partial charge is 0.417 e. The quantitative estimate of drug-likeness (QED) is 0.804. The summed E-state index contributed by atoms with van der Waals surface area (Å²) in [4.78, 5) is 12.5. The Hall–Kier alpha value is -1.69. The lowest BCUT2D eigenvalue weighted by Crippen LogP contribution is -2.22. The second-order valence-electron chi connectivity index (χ2n) is 4.11. The van der Waals surface area contributed by atoms with E-state index in [1.165, 1.54) is 11.8 Å². The fourth-order valence-corrected chi connectivity index (χ4v) is 2.53. The van der Waals surface area contributed by atoms with Gasteiger partial charge in [-0.15, -0.1) is 11.8 Å². The number of thioether (sulfide) groups is 1. The normalized spacial score (nSPS) is 11.6. The van der Waals surface area contributed by atoms with Gasteiger partial charge in [-0.2, -0.15) is 13.2 Å². The van der Waals surface area contributed by atoms with Crippen LogP contribution in [0.5, 0.6) is 0 Å². The van der Waals surface area contributed by atoms with Gasteiger partial charge in [0, 0.05) is 29.5 Å². The zero-order valence-corrected chi connectivity index (χ0v) is 11.2. The molecular weight excluding hydrogens is 287 g/mol. The van der Waals surface area contributed by atoms with E-state index in [1.807, 2.05) is 30.3 Å². The summed E-state index contributed by atoms with van der Waals surface area (Å²) >= 11 is 1.50. The van der Waals surface area contributed by atoms with E-state index in [4.69, 9.17) is 0 Å². The van der Waals surface area contributed by atoms with Crippen LogP contribution in [0.25, 0.3) is 0 Å². The molecule has 1 aromatic heterocycles. The first-order chi connectivity index (χ1) is 9.47. The van der Waals surface area contributed by atoms with Crippen molar-refractivity contribution in [1.82, 2.24) is 4.57 Å². The molecule has 0 aliphatic carbocycles. The first kappa shape index (κ1) is 14.7. The zero-order valence-electron chi connectivity index (χ0n) is 10.4. The minimum Gasteiger partial charge on any atom is -0.314 e. The SMILES string of the molecule is O=c1ccc(C(F)(F)F)cn1CCSc1ccccc1. The van der Waals surface area contributed by atoms with Crippen LogP contribution >= 0.6 is 11.8 Å². The number of pyridine rings is 1. The second-order valence-corrected chi connectivity index (χ2v) is 5.28. The van der Waals surface area contributed by atoms with Crippen LogP contribution in [-0.4, -0.2) is 10.3 Å². The Morgan fingerprint density at radius 1 is 1.05 bits per heavy atom. The molecule has 0 aliphatic rings. The summed E-state index contributed by atoms with van der Waals surface area (Å²) in [6.45, 7) is 0.238. The van der Waals surface area contributed by atoms with Gasteiger partial charge in [0.15, 0.2) is 0 Å². The smallest absolute Gasteiger partial charge is 0.314 e. The Labute approximate surface area is 118 Å². The number of rotatable bonds is 4.